The molecule has 1 atom stereocenters. The quantitative estimate of drug-likeness (QED) is 0.901. The van der Waals surface area contributed by atoms with Gasteiger partial charge in [-0.25, -0.2) is 4.39 Å². The maximum absolute atomic E-state index is 13.3. The Bertz CT molecular complexity index is 639. The zero-order chi connectivity index (χ0) is 14.1. The Labute approximate surface area is 118 Å². The fourth-order valence-corrected chi connectivity index (χ4v) is 2.54. The summed E-state index contributed by atoms with van der Waals surface area (Å²) in [5.41, 5.74) is 4.08. The van der Waals surface area contributed by atoms with Crippen molar-refractivity contribution in [2.24, 2.45) is 0 Å². The second-order valence-electron chi connectivity index (χ2n) is 5.30. The second kappa shape index (κ2) is 5.16. The van der Waals surface area contributed by atoms with E-state index in [1.807, 2.05) is 12.1 Å². The van der Waals surface area contributed by atoms with Crippen LogP contribution in [0.1, 0.15) is 29.7 Å². The monoisotopic (exact) mass is 271 g/mol. The minimum Gasteiger partial charge on any atom is -0.493 e. The normalized spacial score (nSPS) is 14.6. The Morgan fingerprint density at radius 2 is 2.05 bits per heavy atom. The van der Waals surface area contributed by atoms with E-state index < -0.39 is 0 Å². The van der Waals surface area contributed by atoms with E-state index in [2.05, 4.69) is 24.4 Å². The van der Waals surface area contributed by atoms with Crippen molar-refractivity contribution in [2.75, 3.05) is 11.9 Å². The topological polar surface area (TPSA) is 21.3 Å². The van der Waals surface area contributed by atoms with Crippen LogP contribution >= 0.6 is 0 Å². The number of nitrogens with one attached hydrogen (secondary N) is 1. The molecule has 1 heterocycles. The van der Waals surface area contributed by atoms with Crippen LogP contribution in [0.25, 0.3) is 0 Å². The highest BCUT2D eigenvalue weighted by Gasteiger charge is 2.14. The Morgan fingerprint density at radius 1 is 1.20 bits per heavy atom. The smallest absolute Gasteiger partial charge is 0.126 e. The molecule has 1 N–H and O–H groups in total. The summed E-state index contributed by atoms with van der Waals surface area (Å²) < 4.78 is 18.8. The Balaban J connectivity index is 1.78. The Hall–Kier alpha value is -2.03. The summed E-state index contributed by atoms with van der Waals surface area (Å²) in [6.45, 7) is 4.66. The summed E-state index contributed by atoms with van der Waals surface area (Å²) in [6, 6.07) is 11.6. The third-order valence-corrected chi connectivity index (χ3v) is 3.75. The number of aryl methyl sites for hydroxylation is 1. The molecule has 0 aliphatic carbocycles. The number of rotatable bonds is 3. The highest BCUT2D eigenvalue weighted by molar-refractivity contribution is 5.49. The predicted molar refractivity (Wildman–Crippen MR) is 78.8 cm³/mol. The number of ether oxygens (including phenoxy) is 1. The second-order valence-corrected chi connectivity index (χ2v) is 5.30. The van der Waals surface area contributed by atoms with Crippen LogP contribution in [-0.2, 0) is 6.42 Å². The molecule has 0 spiro atoms. The van der Waals surface area contributed by atoms with Crippen LogP contribution in [0.4, 0.5) is 10.1 Å². The van der Waals surface area contributed by atoms with Crippen LogP contribution in [-0.4, -0.2) is 6.61 Å². The highest BCUT2D eigenvalue weighted by atomic mass is 19.1. The fourth-order valence-electron chi connectivity index (χ4n) is 2.54. The molecule has 0 aromatic heterocycles. The number of benzene rings is 2. The van der Waals surface area contributed by atoms with Gasteiger partial charge in [-0.15, -0.1) is 0 Å². The lowest BCUT2D eigenvalue weighted by Crippen LogP contribution is -2.07. The molecular formula is C17H18FNO. The zero-order valence-electron chi connectivity index (χ0n) is 11.7. The van der Waals surface area contributed by atoms with Crippen LogP contribution in [0.3, 0.4) is 0 Å². The van der Waals surface area contributed by atoms with E-state index in [-0.39, 0.29) is 11.9 Å². The van der Waals surface area contributed by atoms with Gasteiger partial charge in [0.1, 0.15) is 11.6 Å². The molecule has 2 aromatic carbocycles. The lowest BCUT2D eigenvalue weighted by molar-refractivity contribution is 0.357. The third kappa shape index (κ3) is 2.48. The summed E-state index contributed by atoms with van der Waals surface area (Å²) in [5.74, 6) is 0.830. The van der Waals surface area contributed by atoms with E-state index in [9.17, 15) is 4.39 Å². The van der Waals surface area contributed by atoms with Crippen molar-refractivity contribution in [3.8, 4) is 5.75 Å². The minimum absolute atomic E-state index is 0.169. The highest BCUT2D eigenvalue weighted by Crippen LogP contribution is 2.29. The molecule has 2 aromatic rings. The van der Waals surface area contributed by atoms with Gasteiger partial charge in [-0.05, 0) is 60.9 Å². The van der Waals surface area contributed by atoms with Gasteiger partial charge in [-0.3, -0.25) is 0 Å². The molecular weight excluding hydrogens is 253 g/mol. The lowest BCUT2D eigenvalue weighted by Gasteiger charge is -2.17. The molecule has 0 amide bonds. The van der Waals surface area contributed by atoms with Gasteiger partial charge in [0.15, 0.2) is 0 Å². The summed E-state index contributed by atoms with van der Waals surface area (Å²) in [5, 5.41) is 3.41. The molecule has 1 unspecified atom stereocenters. The molecule has 3 heteroatoms. The molecule has 0 saturated heterocycles. The molecule has 1 aliphatic heterocycles. The maximum atomic E-state index is 13.3. The standard InChI is InChI=1S/C17H18FNO/c1-11-9-15(4-5-16(11)18)19-12(2)13-3-6-17-14(10-13)7-8-20-17/h3-6,9-10,12,19H,7-8H2,1-2H3. The van der Waals surface area contributed by atoms with Crippen molar-refractivity contribution >= 4 is 5.69 Å². The summed E-state index contributed by atoms with van der Waals surface area (Å²) in [4.78, 5) is 0. The average molecular weight is 271 g/mol. The first-order valence-corrected chi connectivity index (χ1v) is 6.92. The summed E-state index contributed by atoms with van der Waals surface area (Å²) >= 11 is 0. The molecule has 0 fully saturated rings. The van der Waals surface area contributed by atoms with E-state index >= 15 is 0 Å². The molecule has 0 bridgehead atoms. The molecule has 0 saturated carbocycles. The molecule has 2 nitrogen and oxygen atoms in total. The first kappa shape index (κ1) is 13.0. The van der Waals surface area contributed by atoms with Gasteiger partial charge >= 0.3 is 0 Å². The van der Waals surface area contributed by atoms with Gasteiger partial charge < -0.3 is 10.1 Å². The van der Waals surface area contributed by atoms with E-state index in [1.54, 1.807) is 13.0 Å². The Kier molecular flexibility index (Phi) is 3.35. The van der Waals surface area contributed by atoms with Crippen molar-refractivity contribution < 1.29 is 9.13 Å². The zero-order valence-corrected chi connectivity index (χ0v) is 11.7. The van der Waals surface area contributed by atoms with Crippen molar-refractivity contribution in [1.29, 1.82) is 0 Å². The van der Waals surface area contributed by atoms with E-state index in [4.69, 9.17) is 4.74 Å². The first-order valence-electron chi connectivity index (χ1n) is 6.92. The van der Waals surface area contributed by atoms with Crippen molar-refractivity contribution in [3.63, 3.8) is 0 Å². The van der Waals surface area contributed by atoms with Crippen LogP contribution in [0.5, 0.6) is 5.75 Å². The van der Waals surface area contributed by atoms with Crippen LogP contribution in [0.2, 0.25) is 0 Å². The lowest BCUT2D eigenvalue weighted by atomic mass is 10.0. The first-order chi connectivity index (χ1) is 9.63. The van der Waals surface area contributed by atoms with Crippen LogP contribution in [0, 0.1) is 12.7 Å². The van der Waals surface area contributed by atoms with Gasteiger partial charge in [0.2, 0.25) is 0 Å². The van der Waals surface area contributed by atoms with Crippen molar-refractivity contribution in [2.45, 2.75) is 26.3 Å². The summed E-state index contributed by atoms with van der Waals surface area (Å²) in [7, 11) is 0. The van der Waals surface area contributed by atoms with E-state index in [1.165, 1.54) is 17.2 Å². The largest absolute Gasteiger partial charge is 0.493 e. The van der Waals surface area contributed by atoms with E-state index in [0.29, 0.717) is 5.56 Å². The fraction of sp³-hybridized carbons (Fsp3) is 0.294. The number of hydrogen-bond donors (Lipinski definition) is 1. The molecule has 1 aliphatic rings. The van der Waals surface area contributed by atoms with Crippen molar-refractivity contribution in [1.82, 2.24) is 0 Å². The molecule has 3 rings (SSSR count). The number of halogens is 1. The molecule has 0 radical (unpaired) electrons. The van der Waals surface area contributed by atoms with Gasteiger partial charge in [0.25, 0.3) is 0 Å². The summed E-state index contributed by atoms with van der Waals surface area (Å²) in [6.07, 6.45) is 0.978. The third-order valence-electron chi connectivity index (χ3n) is 3.75. The van der Waals surface area contributed by atoms with Gasteiger partial charge in [-0.1, -0.05) is 6.07 Å². The van der Waals surface area contributed by atoms with Gasteiger partial charge in [0, 0.05) is 18.2 Å². The van der Waals surface area contributed by atoms with Gasteiger partial charge in [-0.2, -0.15) is 0 Å². The average Bonchev–Trinajstić information content (AvgIpc) is 2.90. The van der Waals surface area contributed by atoms with Crippen LogP contribution < -0.4 is 10.1 Å². The van der Waals surface area contributed by atoms with E-state index in [0.717, 1.165) is 24.5 Å². The van der Waals surface area contributed by atoms with Gasteiger partial charge in [0.05, 0.1) is 6.61 Å². The molecule has 20 heavy (non-hydrogen) atoms. The predicted octanol–water partition coefficient (Wildman–Crippen LogP) is 4.24. The minimum atomic E-state index is -0.169. The number of anilines is 1. The molecule has 104 valence electrons. The Morgan fingerprint density at radius 3 is 2.85 bits per heavy atom. The SMILES string of the molecule is Cc1cc(NC(C)c2ccc3c(c2)CCO3)ccc1F. The number of fused-ring (bicyclic) bond motifs is 1. The van der Waals surface area contributed by atoms with Crippen molar-refractivity contribution in [3.05, 3.63) is 58.9 Å². The number of hydrogen-bond acceptors (Lipinski definition) is 2. The maximum Gasteiger partial charge on any atom is 0.126 e. The van der Waals surface area contributed by atoms with Crippen LogP contribution in [0.15, 0.2) is 36.4 Å².